The summed E-state index contributed by atoms with van der Waals surface area (Å²) in [5.74, 6) is 0. The van der Waals surface area contributed by atoms with Crippen LogP contribution in [0.25, 0.3) is 0 Å². The maximum atomic E-state index is 5.85. The lowest BCUT2D eigenvalue weighted by molar-refractivity contribution is 0.0453. The minimum Gasteiger partial charge on any atom is -0.359 e. The molecule has 1 aromatic heterocycles. The molecule has 0 spiro atoms. The average molecular weight is 217 g/mol. The molecule has 0 bridgehead atoms. The van der Waals surface area contributed by atoms with Gasteiger partial charge in [-0.1, -0.05) is 30.3 Å². The Labute approximate surface area is 94.4 Å². The van der Waals surface area contributed by atoms with Crippen molar-refractivity contribution in [1.29, 1.82) is 0 Å². The molecule has 4 nitrogen and oxygen atoms in total. The summed E-state index contributed by atoms with van der Waals surface area (Å²) in [6, 6.07) is 9.99. The maximum absolute atomic E-state index is 5.85. The van der Waals surface area contributed by atoms with Gasteiger partial charge in [0, 0.05) is 12.6 Å². The van der Waals surface area contributed by atoms with E-state index in [2.05, 4.69) is 10.2 Å². The Morgan fingerprint density at radius 3 is 2.75 bits per heavy atom. The van der Waals surface area contributed by atoms with Crippen LogP contribution in [0.4, 0.5) is 0 Å². The van der Waals surface area contributed by atoms with E-state index in [0.29, 0.717) is 13.0 Å². The molecular weight excluding hydrogens is 202 g/mol. The quantitative estimate of drug-likeness (QED) is 0.745. The highest BCUT2D eigenvalue weighted by atomic mass is 16.5. The summed E-state index contributed by atoms with van der Waals surface area (Å²) in [6.45, 7) is 0.542. The number of nitrogens with two attached hydrogens (primary N) is 1. The number of hydrogen-bond donors (Lipinski definition) is 2. The largest absolute Gasteiger partial charge is 0.359 e. The zero-order valence-electron chi connectivity index (χ0n) is 8.97. The minimum absolute atomic E-state index is 0.294. The van der Waals surface area contributed by atoms with Crippen molar-refractivity contribution >= 4 is 0 Å². The van der Waals surface area contributed by atoms with Crippen molar-refractivity contribution in [2.24, 2.45) is 5.73 Å². The van der Waals surface area contributed by atoms with Crippen molar-refractivity contribution in [1.82, 2.24) is 10.2 Å². The smallest absolute Gasteiger partial charge is 0.110 e. The number of aromatic amines is 1. The summed E-state index contributed by atoms with van der Waals surface area (Å²) in [4.78, 5) is 0. The van der Waals surface area contributed by atoms with Crippen LogP contribution >= 0.6 is 0 Å². The highest BCUT2D eigenvalue weighted by molar-refractivity contribution is 5.13. The fraction of sp³-hybridized carbons (Fsp3) is 0.250. The third-order valence-electron chi connectivity index (χ3n) is 2.30. The summed E-state index contributed by atoms with van der Waals surface area (Å²) < 4.78 is 5.54. The average Bonchev–Trinajstić information content (AvgIpc) is 2.81. The number of rotatable bonds is 5. The summed E-state index contributed by atoms with van der Waals surface area (Å²) in [7, 11) is 0. The van der Waals surface area contributed by atoms with Crippen molar-refractivity contribution in [2.75, 3.05) is 0 Å². The molecule has 0 fully saturated rings. The van der Waals surface area contributed by atoms with Gasteiger partial charge in [0.1, 0.15) is 6.23 Å². The second-order valence-corrected chi connectivity index (χ2v) is 3.65. The van der Waals surface area contributed by atoms with E-state index in [0.717, 1.165) is 11.1 Å². The van der Waals surface area contributed by atoms with Gasteiger partial charge in [0.2, 0.25) is 0 Å². The van der Waals surface area contributed by atoms with Crippen LogP contribution in [-0.2, 0) is 17.8 Å². The molecular formula is C12H15N3O. The van der Waals surface area contributed by atoms with Gasteiger partial charge >= 0.3 is 0 Å². The molecule has 1 aromatic carbocycles. The Morgan fingerprint density at radius 1 is 1.25 bits per heavy atom. The standard InChI is InChI=1S/C12H15N3O/c13-12(6-11-7-14-15-8-11)16-9-10-4-2-1-3-5-10/h1-5,7-8,12H,6,9,13H2,(H,14,15). The predicted octanol–water partition coefficient (Wildman–Crippen LogP) is 1.45. The molecule has 4 heteroatoms. The van der Waals surface area contributed by atoms with E-state index in [-0.39, 0.29) is 6.23 Å². The monoisotopic (exact) mass is 217 g/mol. The van der Waals surface area contributed by atoms with E-state index in [9.17, 15) is 0 Å². The van der Waals surface area contributed by atoms with E-state index in [1.165, 1.54) is 0 Å². The number of nitrogens with one attached hydrogen (secondary N) is 1. The van der Waals surface area contributed by atoms with Crippen LogP contribution in [0.1, 0.15) is 11.1 Å². The van der Waals surface area contributed by atoms with Crippen molar-refractivity contribution in [3.05, 3.63) is 53.9 Å². The Morgan fingerprint density at radius 2 is 2.06 bits per heavy atom. The van der Waals surface area contributed by atoms with Crippen LogP contribution < -0.4 is 5.73 Å². The molecule has 0 amide bonds. The molecule has 84 valence electrons. The van der Waals surface area contributed by atoms with E-state index in [1.807, 2.05) is 36.5 Å². The first kappa shape index (κ1) is 10.9. The molecule has 2 rings (SSSR count). The Kier molecular flexibility index (Phi) is 3.69. The molecule has 2 aromatic rings. The number of benzene rings is 1. The lowest BCUT2D eigenvalue weighted by Gasteiger charge is -2.11. The second-order valence-electron chi connectivity index (χ2n) is 3.65. The maximum Gasteiger partial charge on any atom is 0.110 e. The lowest BCUT2D eigenvalue weighted by atomic mass is 10.2. The summed E-state index contributed by atoms with van der Waals surface area (Å²) in [6.07, 6.45) is 3.96. The summed E-state index contributed by atoms with van der Waals surface area (Å²) in [5, 5.41) is 6.61. The molecule has 3 N–H and O–H groups in total. The van der Waals surface area contributed by atoms with Gasteiger partial charge in [-0.2, -0.15) is 5.10 Å². The first-order chi connectivity index (χ1) is 7.84. The van der Waals surface area contributed by atoms with Crippen LogP contribution in [0.15, 0.2) is 42.7 Å². The number of nitrogens with zero attached hydrogens (tertiary/aromatic N) is 1. The normalized spacial score (nSPS) is 12.6. The molecule has 1 unspecified atom stereocenters. The van der Waals surface area contributed by atoms with Crippen molar-refractivity contribution < 1.29 is 4.74 Å². The van der Waals surface area contributed by atoms with Crippen LogP contribution in [0, 0.1) is 0 Å². The molecule has 0 radical (unpaired) electrons. The van der Waals surface area contributed by atoms with Crippen molar-refractivity contribution in [2.45, 2.75) is 19.3 Å². The zero-order chi connectivity index (χ0) is 11.2. The van der Waals surface area contributed by atoms with Crippen LogP contribution in [0.5, 0.6) is 0 Å². The van der Waals surface area contributed by atoms with Gasteiger partial charge < -0.3 is 10.5 Å². The Hall–Kier alpha value is -1.65. The van der Waals surface area contributed by atoms with Gasteiger partial charge in [-0.05, 0) is 11.1 Å². The predicted molar refractivity (Wildman–Crippen MR) is 61.5 cm³/mol. The van der Waals surface area contributed by atoms with Gasteiger partial charge in [0.15, 0.2) is 0 Å². The molecule has 0 aliphatic heterocycles. The fourth-order valence-electron chi connectivity index (χ4n) is 1.46. The number of ether oxygens (including phenoxy) is 1. The van der Waals surface area contributed by atoms with Crippen LogP contribution in [0.2, 0.25) is 0 Å². The first-order valence-electron chi connectivity index (χ1n) is 5.23. The number of hydrogen-bond acceptors (Lipinski definition) is 3. The highest BCUT2D eigenvalue weighted by Crippen LogP contribution is 2.04. The molecule has 0 aliphatic rings. The van der Waals surface area contributed by atoms with Gasteiger partial charge in [-0.3, -0.25) is 5.10 Å². The van der Waals surface area contributed by atoms with Gasteiger partial charge in [-0.15, -0.1) is 0 Å². The SMILES string of the molecule is NC(Cc1cn[nH]c1)OCc1ccccc1. The van der Waals surface area contributed by atoms with E-state index >= 15 is 0 Å². The molecule has 0 saturated carbocycles. The molecule has 1 atom stereocenters. The summed E-state index contributed by atoms with van der Waals surface area (Å²) >= 11 is 0. The first-order valence-corrected chi connectivity index (χ1v) is 5.23. The van der Waals surface area contributed by atoms with E-state index < -0.39 is 0 Å². The topological polar surface area (TPSA) is 63.9 Å². The molecule has 1 heterocycles. The van der Waals surface area contributed by atoms with Crippen molar-refractivity contribution in [3.63, 3.8) is 0 Å². The Bertz CT molecular complexity index is 399. The zero-order valence-corrected chi connectivity index (χ0v) is 8.97. The summed E-state index contributed by atoms with van der Waals surface area (Å²) in [5.41, 5.74) is 8.03. The second kappa shape index (κ2) is 5.44. The number of H-pyrrole nitrogens is 1. The number of aromatic nitrogens is 2. The molecule has 16 heavy (non-hydrogen) atoms. The van der Waals surface area contributed by atoms with Gasteiger partial charge in [0.05, 0.1) is 12.8 Å². The minimum atomic E-state index is -0.294. The Balaban J connectivity index is 1.78. The lowest BCUT2D eigenvalue weighted by Crippen LogP contribution is -2.26. The van der Waals surface area contributed by atoms with Gasteiger partial charge in [-0.25, -0.2) is 0 Å². The van der Waals surface area contributed by atoms with E-state index in [4.69, 9.17) is 10.5 Å². The highest BCUT2D eigenvalue weighted by Gasteiger charge is 2.05. The molecule has 0 saturated heterocycles. The van der Waals surface area contributed by atoms with Crippen molar-refractivity contribution in [3.8, 4) is 0 Å². The van der Waals surface area contributed by atoms with Crippen LogP contribution in [0.3, 0.4) is 0 Å². The van der Waals surface area contributed by atoms with Gasteiger partial charge in [0.25, 0.3) is 0 Å². The molecule has 0 aliphatic carbocycles. The van der Waals surface area contributed by atoms with E-state index in [1.54, 1.807) is 6.20 Å². The fourth-order valence-corrected chi connectivity index (χ4v) is 1.46. The third kappa shape index (κ3) is 3.18. The third-order valence-corrected chi connectivity index (χ3v) is 2.30. The van der Waals surface area contributed by atoms with Crippen LogP contribution in [-0.4, -0.2) is 16.4 Å².